The highest BCUT2D eigenvalue weighted by Crippen LogP contribution is 2.15. The molecule has 0 amide bonds. The fourth-order valence-electron chi connectivity index (χ4n) is 2.26. The standard InChI is InChI=1S/C17H19BO3/c1-13(7-8-14-5-3-2-4-6-14)17(19)15-9-11-16(12-10-15)18(20)21/h2-6,9-13,20-21H,7-8H2,1H3. The van der Waals surface area contributed by atoms with Gasteiger partial charge in [0.05, 0.1) is 0 Å². The van der Waals surface area contributed by atoms with E-state index in [9.17, 15) is 4.79 Å². The third kappa shape index (κ3) is 4.28. The van der Waals surface area contributed by atoms with Gasteiger partial charge < -0.3 is 10.0 Å². The molecule has 0 heterocycles. The first kappa shape index (κ1) is 15.5. The Hall–Kier alpha value is -1.91. The molecule has 21 heavy (non-hydrogen) atoms. The summed E-state index contributed by atoms with van der Waals surface area (Å²) in [6, 6.07) is 16.6. The monoisotopic (exact) mass is 282 g/mol. The van der Waals surface area contributed by atoms with E-state index in [1.165, 1.54) is 5.56 Å². The molecular weight excluding hydrogens is 263 g/mol. The first-order chi connectivity index (χ1) is 10.1. The molecule has 0 saturated heterocycles. The van der Waals surface area contributed by atoms with Crippen LogP contribution in [0.15, 0.2) is 54.6 Å². The van der Waals surface area contributed by atoms with Gasteiger partial charge in [-0.15, -0.1) is 0 Å². The van der Waals surface area contributed by atoms with Gasteiger partial charge in [0, 0.05) is 11.5 Å². The number of carbonyl (C=O) groups excluding carboxylic acids is 1. The number of ketones is 1. The topological polar surface area (TPSA) is 57.5 Å². The predicted octanol–water partition coefficient (Wildman–Crippen LogP) is 1.82. The molecule has 2 rings (SSSR count). The van der Waals surface area contributed by atoms with Gasteiger partial charge in [0.2, 0.25) is 0 Å². The molecule has 1 unspecified atom stereocenters. The summed E-state index contributed by atoms with van der Waals surface area (Å²) in [7, 11) is -1.50. The molecule has 2 aromatic carbocycles. The molecule has 108 valence electrons. The summed E-state index contributed by atoms with van der Waals surface area (Å²) in [5.41, 5.74) is 2.24. The van der Waals surface area contributed by atoms with Crippen molar-refractivity contribution in [2.75, 3.05) is 0 Å². The minimum atomic E-state index is -1.50. The van der Waals surface area contributed by atoms with Crippen LogP contribution in [0.4, 0.5) is 0 Å². The lowest BCUT2D eigenvalue weighted by Crippen LogP contribution is -2.29. The first-order valence-corrected chi connectivity index (χ1v) is 7.12. The smallest absolute Gasteiger partial charge is 0.423 e. The van der Waals surface area contributed by atoms with Gasteiger partial charge in [-0.05, 0) is 23.9 Å². The van der Waals surface area contributed by atoms with Crippen molar-refractivity contribution in [2.24, 2.45) is 5.92 Å². The van der Waals surface area contributed by atoms with Crippen LogP contribution in [0.25, 0.3) is 0 Å². The van der Waals surface area contributed by atoms with Crippen LogP contribution in [-0.4, -0.2) is 22.9 Å². The minimum Gasteiger partial charge on any atom is -0.423 e. The largest absolute Gasteiger partial charge is 0.488 e. The third-order valence-corrected chi connectivity index (χ3v) is 3.65. The summed E-state index contributed by atoms with van der Waals surface area (Å²) in [6.45, 7) is 1.93. The summed E-state index contributed by atoms with van der Waals surface area (Å²) in [5, 5.41) is 18.1. The lowest BCUT2D eigenvalue weighted by molar-refractivity contribution is 0.0924. The van der Waals surface area contributed by atoms with Gasteiger partial charge >= 0.3 is 7.12 Å². The van der Waals surface area contributed by atoms with Crippen LogP contribution in [-0.2, 0) is 6.42 Å². The molecule has 0 fully saturated rings. The fourth-order valence-corrected chi connectivity index (χ4v) is 2.26. The van der Waals surface area contributed by atoms with Crippen molar-refractivity contribution in [3.8, 4) is 0 Å². The van der Waals surface area contributed by atoms with E-state index in [0.29, 0.717) is 11.0 Å². The minimum absolute atomic E-state index is 0.0601. The second kappa shape index (κ2) is 7.20. The van der Waals surface area contributed by atoms with Crippen LogP contribution in [0.5, 0.6) is 0 Å². The second-order valence-electron chi connectivity index (χ2n) is 5.29. The predicted molar refractivity (Wildman–Crippen MR) is 84.5 cm³/mol. The number of carbonyl (C=O) groups is 1. The van der Waals surface area contributed by atoms with E-state index in [1.54, 1.807) is 24.3 Å². The van der Waals surface area contributed by atoms with E-state index in [1.807, 2.05) is 25.1 Å². The second-order valence-corrected chi connectivity index (χ2v) is 5.29. The van der Waals surface area contributed by atoms with Crippen LogP contribution in [0.2, 0.25) is 0 Å². The van der Waals surface area contributed by atoms with Crippen molar-refractivity contribution >= 4 is 18.4 Å². The molecule has 1 atom stereocenters. The Balaban J connectivity index is 1.95. The number of aryl methyl sites for hydroxylation is 1. The Morgan fingerprint density at radius 1 is 1.05 bits per heavy atom. The van der Waals surface area contributed by atoms with Gasteiger partial charge in [0.1, 0.15) is 0 Å². The van der Waals surface area contributed by atoms with Gasteiger partial charge in [0.15, 0.2) is 5.78 Å². The maximum atomic E-state index is 12.3. The quantitative estimate of drug-likeness (QED) is 0.627. The maximum absolute atomic E-state index is 12.3. The van der Waals surface area contributed by atoms with Crippen molar-refractivity contribution in [3.05, 3.63) is 65.7 Å². The summed E-state index contributed by atoms with van der Waals surface area (Å²) in [6.07, 6.45) is 1.68. The fraction of sp³-hybridized carbons (Fsp3) is 0.235. The Kier molecular flexibility index (Phi) is 5.31. The molecule has 0 aliphatic carbocycles. The van der Waals surface area contributed by atoms with Crippen LogP contribution in [0.1, 0.15) is 29.3 Å². The molecule has 4 heteroatoms. The summed E-state index contributed by atoms with van der Waals surface area (Å²) in [4.78, 5) is 12.3. The van der Waals surface area contributed by atoms with Crippen LogP contribution in [0, 0.1) is 5.92 Å². The molecule has 0 radical (unpaired) electrons. The Morgan fingerprint density at radius 2 is 1.67 bits per heavy atom. The van der Waals surface area contributed by atoms with E-state index in [0.717, 1.165) is 12.8 Å². The molecule has 0 aliphatic heterocycles. The molecule has 3 nitrogen and oxygen atoms in total. The lowest BCUT2D eigenvalue weighted by Gasteiger charge is -2.11. The third-order valence-electron chi connectivity index (χ3n) is 3.65. The molecule has 0 spiro atoms. The zero-order chi connectivity index (χ0) is 15.2. The van der Waals surface area contributed by atoms with Crippen LogP contribution in [0.3, 0.4) is 0 Å². The van der Waals surface area contributed by atoms with E-state index in [4.69, 9.17) is 10.0 Å². The molecular formula is C17H19BO3. The SMILES string of the molecule is CC(CCc1ccccc1)C(=O)c1ccc(B(O)O)cc1. The summed E-state index contributed by atoms with van der Waals surface area (Å²) in [5.74, 6) is 0.0278. The van der Waals surface area contributed by atoms with Gasteiger partial charge in [0.25, 0.3) is 0 Å². The lowest BCUT2D eigenvalue weighted by atomic mass is 9.79. The van der Waals surface area contributed by atoms with Crippen molar-refractivity contribution in [2.45, 2.75) is 19.8 Å². The summed E-state index contributed by atoms with van der Waals surface area (Å²) >= 11 is 0. The highest BCUT2D eigenvalue weighted by molar-refractivity contribution is 6.58. The number of hydrogen-bond acceptors (Lipinski definition) is 3. The average Bonchev–Trinajstić information content (AvgIpc) is 2.53. The van der Waals surface area contributed by atoms with Gasteiger partial charge in [-0.2, -0.15) is 0 Å². The molecule has 0 aromatic heterocycles. The Bertz CT molecular complexity index is 579. The zero-order valence-corrected chi connectivity index (χ0v) is 12.1. The van der Waals surface area contributed by atoms with E-state index < -0.39 is 7.12 Å². The van der Waals surface area contributed by atoms with E-state index >= 15 is 0 Å². The maximum Gasteiger partial charge on any atom is 0.488 e. The average molecular weight is 282 g/mol. The van der Waals surface area contributed by atoms with E-state index in [2.05, 4.69) is 12.1 Å². The number of rotatable bonds is 6. The molecule has 0 bridgehead atoms. The van der Waals surface area contributed by atoms with Crippen LogP contribution < -0.4 is 5.46 Å². The van der Waals surface area contributed by atoms with Crippen molar-refractivity contribution < 1.29 is 14.8 Å². The Morgan fingerprint density at radius 3 is 2.24 bits per heavy atom. The molecule has 2 aromatic rings. The normalized spacial score (nSPS) is 12.0. The van der Waals surface area contributed by atoms with Crippen LogP contribution >= 0.6 is 0 Å². The first-order valence-electron chi connectivity index (χ1n) is 7.12. The van der Waals surface area contributed by atoms with Gasteiger partial charge in [-0.3, -0.25) is 4.79 Å². The van der Waals surface area contributed by atoms with Crippen molar-refractivity contribution in [1.82, 2.24) is 0 Å². The molecule has 2 N–H and O–H groups in total. The number of benzene rings is 2. The van der Waals surface area contributed by atoms with Gasteiger partial charge in [-0.1, -0.05) is 61.5 Å². The van der Waals surface area contributed by atoms with Gasteiger partial charge in [-0.25, -0.2) is 0 Å². The molecule has 0 aliphatic rings. The molecule has 0 saturated carbocycles. The van der Waals surface area contributed by atoms with E-state index in [-0.39, 0.29) is 11.7 Å². The van der Waals surface area contributed by atoms with Crippen molar-refractivity contribution in [3.63, 3.8) is 0 Å². The number of Topliss-reactive ketones (excluding diaryl/α,β-unsaturated/α-hetero) is 1. The van der Waals surface area contributed by atoms with Crippen molar-refractivity contribution in [1.29, 1.82) is 0 Å². The number of hydrogen-bond donors (Lipinski definition) is 2. The summed E-state index contributed by atoms with van der Waals surface area (Å²) < 4.78 is 0. The Labute approximate surface area is 125 Å². The zero-order valence-electron chi connectivity index (χ0n) is 12.1. The highest BCUT2D eigenvalue weighted by atomic mass is 16.4. The highest BCUT2D eigenvalue weighted by Gasteiger charge is 2.16.